The SMILES string of the molecule is Cn1cc(CCN=C(N)N)cn1. The average Bonchev–Trinajstić information content (AvgIpc) is 2.35. The van der Waals surface area contributed by atoms with Crippen molar-refractivity contribution in [2.75, 3.05) is 6.54 Å². The van der Waals surface area contributed by atoms with Gasteiger partial charge in [0, 0.05) is 19.8 Å². The van der Waals surface area contributed by atoms with Crippen molar-refractivity contribution in [3.63, 3.8) is 0 Å². The zero-order chi connectivity index (χ0) is 8.97. The van der Waals surface area contributed by atoms with Crippen molar-refractivity contribution in [1.82, 2.24) is 9.78 Å². The molecule has 0 aliphatic heterocycles. The lowest BCUT2D eigenvalue weighted by Gasteiger charge is -1.92. The van der Waals surface area contributed by atoms with Crippen molar-refractivity contribution in [2.45, 2.75) is 6.42 Å². The molecule has 0 saturated carbocycles. The van der Waals surface area contributed by atoms with Crippen molar-refractivity contribution < 1.29 is 0 Å². The first-order valence-electron chi connectivity index (χ1n) is 3.71. The van der Waals surface area contributed by atoms with Crippen molar-refractivity contribution in [3.8, 4) is 0 Å². The predicted octanol–water partition coefficient (Wildman–Crippen LogP) is -0.764. The molecule has 5 heteroatoms. The number of hydrogen-bond acceptors (Lipinski definition) is 2. The Morgan fingerprint density at radius 2 is 2.42 bits per heavy atom. The average molecular weight is 167 g/mol. The Kier molecular flexibility index (Phi) is 2.68. The fraction of sp³-hybridized carbons (Fsp3) is 0.429. The molecule has 1 rings (SSSR count). The highest BCUT2D eigenvalue weighted by molar-refractivity contribution is 5.75. The van der Waals surface area contributed by atoms with Gasteiger partial charge in [0.1, 0.15) is 0 Å². The van der Waals surface area contributed by atoms with E-state index in [0.29, 0.717) is 6.54 Å². The molecule has 0 spiro atoms. The van der Waals surface area contributed by atoms with Crippen LogP contribution >= 0.6 is 0 Å². The Morgan fingerprint density at radius 1 is 1.67 bits per heavy atom. The van der Waals surface area contributed by atoms with Crippen molar-refractivity contribution in [2.24, 2.45) is 23.5 Å². The van der Waals surface area contributed by atoms with Gasteiger partial charge in [0.05, 0.1) is 6.20 Å². The van der Waals surface area contributed by atoms with Crippen LogP contribution < -0.4 is 11.5 Å². The summed E-state index contributed by atoms with van der Waals surface area (Å²) in [4.78, 5) is 3.86. The lowest BCUT2D eigenvalue weighted by atomic mass is 10.3. The minimum Gasteiger partial charge on any atom is -0.370 e. The Balaban J connectivity index is 2.38. The van der Waals surface area contributed by atoms with E-state index in [9.17, 15) is 0 Å². The Morgan fingerprint density at radius 3 is 2.92 bits per heavy atom. The van der Waals surface area contributed by atoms with Crippen LogP contribution in [0.3, 0.4) is 0 Å². The molecule has 0 fully saturated rings. The molecule has 0 atom stereocenters. The summed E-state index contributed by atoms with van der Waals surface area (Å²) in [7, 11) is 1.88. The molecular formula is C7H13N5. The van der Waals surface area contributed by atoms with Gasteiger partial charge in [-0.15, -0.1) is 0 Å². The van der Waals surface area contributed by atoms with Gasteiger partial charge in [0.15, 0.2) is 5.96 Å². The van der Waals surface area contributed by atoms with E-state index in [2.05, 4.69) is 10.1 Å². The number of nitrogens with zero attached hydrogens (tertiary/aromatic N) is 3. The van der Waals surface area contributed by atoms with E-state index >= 15 is 0 Å². The lowest BCUT2D eigenvalue weighted by molar-refractivity contribution is 0.766. The first-order valence-corrected chi connectivity index (χ1v) is 3.71. The van der Waals surface area contributed by atoms with E-state index in [4.69, 9.17) is 11.5 Å². The van der Waals surface area contributed by atoms with Gasteiger partial charge in [0.2, 0.25) is 0 Å². The van der Waals surface area contributed by atoms with E-state index in [-0.39, 0.29) is 5.96 Å². The normalized spacial score (nSPS) is 9.75. The van der Waals surface area contributed by atoms with E-state index in [1.54, 1.807) is 4.68 Å². The highest BCUT2D eigenvalue weighted by Crippen LogP contribution is 1.96. The first kappa shape index (κ1) is 8.58. The van der Waals surface area contributed by atoms with Crippen LogP contribution in [0.4, 0.5) is 0 Å². The van der Waals surface area contributed by atoms with Gasteiger partial charge in [-0.2, -0.15) is 5.10 Å². The molecule has 0 radical (unpaired) electrons. The number of hydrogen-bond donors (Lipinski definition) is 2. The van der Waals surface area contributed by atoms with E-state index in [1.165, 1.54) is 0 Å². The maximum atomic E-state index is 5.17. The van der Waals surface area contributed by atoms with Gasteiger partial charge < -0.3 is 11.5 Å². The van der Waals surface area contributed by atoms with Crippen molar-refractivity contribution in [1.29, 1.82) is 0 Å². The summed E-state index contributed by atoms with van der Waals surface area (Å²) >= 11 is 0. The van der Waals surface area contributed by atoms with Crippen molar-refractivity contribution in [3.05, 3.63) is 18.0 Å². The topological polar surface area (TPSA) is 82.2 Å². The number of aryl methyl sites for hydroxylation is 1. The lowest BCUT2D eigenvalue weighted by Crippen LogP contribution is -2.23. The molecule has 4 N–H and O–H groups in total. The smallest absolute Gasteiger partial charge is 0.185 e. The Bertz CT molecular complexity index is 271. The molecule has 5 nitrogen and oxygen atoms in total. The van der Waals surface area contributed by atoms with Crippen LogP contribution in [0.1, 0.15) is 5.56 Å². The number of guanidine groups is 1. The largest absolute Gasteiger partial charge is 0.370 e. The zero-order valence-electron chi connectivity index (χ0n) is 7.07. The van der Waals surface area contributed by atoms with Crippen LogP contribution in [0.15, 0.2) is 17.4 Å². The first-order chi connectivity index (χ1) is 5.68. The maximum Gasteiger partial charge on any atom is 0.185 e. The second-order valence-electron chi connectivity index (χ2n) is 2.58. The fourth-order valence-electron chi connectivity index (χ4n) is 0.915. The number of rotatable bonds is 3. The standard InChI is InChI=1S/C7H13N5/c1-12-5-6(4-11-12)2-3-10-7(8)9/h4-5H,2-3H2,1H3,(H4,8,9,10). The van der Waals surface area contributed by atoms with Gasteiger partial charge in [-0.1, -0.05) is 0 Å². The summed E-state index contributed by atoms with van der Waals surface area (Å²) in [6.07, 6.45) is 4.58. The highest BCUT2D eigenvalue weighted by atomic mass is 15.2. The summed E-state index contributed by atoms with van der Waals surface area (Å²) in [6.45, 7) is 0.619. The molecule has 12 heavy (non-hydrogen) atoms. The molecule has 0 aromatic carbocycles. The molecule has 0 amide bonds. The number of aromatic nitrogens is 2. The quantitative estimate of drug-likeness (QED) is 0.458. The zero-order valence-corrected chi connectivity index (χ0v) is 7.07. The summed E-state index contributed by atoms with van der Waals surface area (Å²) in [5.74, 6) is 0.138. The van der Waals surface area contributed by atoms with Crippen LogP contribution in [0.5, 0.6) is 0 Å². The van der Waals surface area contributed by atoms with Gasteiger partial charge in [-0.05, 0) is 12.0 Å². The second-order valence-corrected chi connectivity index (χ2v) is 2.58. The Hall–Kier alpha value is -1.52. The molecule has 0 aliphatic carbocycles. The molecule has 0 bridgehead atoms. The molecule has 66 valence electrons. The van der Waals surface area contributed by atoms with Crippen LogP contribution in [0.25, 0.3) is 0 Å². The van der Waals surface area contributed by atoms with Crippen LogP contribution in [0.2, 0.25) is 0 Å². The van der Waals surface area contributed by atoms with Gasteiger partial charge in [-0.25, -0.2) is 0 Å². The van der Waals surface area contributed by atoms with E-state index in [0.717, 1.165) is 12.0 Å². The number of aliphatic imine (C=N–C) groups is 1. The van der Waals surface area contributed by atoms with Gasteiger partial charge >= 0.3 is 0 Å². The third kappa shape index (κ3) is 2.61. The molecule has 0 saturated heterocycles. The number of nitrogens with two attached hydrogens (primary N) is 2. The van der Waals surface area contributed by atoms with Crippen LogP contribution in [-0.4, -0.2) is 22.3 Å². The predicted molar refractivity (Wildman–Crippen MR) is 47.6 cm³/mol. The minimum atomic E-state index is 0.138. The van der Waals surface area contributed by atoms with Gasteiger partial charge in [-0.3, -0.25) is 9.67 Å². The van der Waals surface area contributed by atoms with Crippen molar-refractivity contribution >= 4 is 5.96 Å². The minimum absolute atomic E-state index is 0.138. The van der Waals surface area contributed by atoms with Crippen LogP contribution in [-0.2, 0) is 13.5 Å². The summed E-state index contributed by atoms with van der Waals surface area (Å²) in [5.41, 5.74) is 11.5. The van der Waals surface area contributed by atoms with Gasteiger partial charge in [0.25, 0.3) is 0 Å². The fourth-order valence-corrected chi connectivity index (χ4v) is 0.915. The summed E-state index contributed by atoms with van der Waals surface area (Å²) in [5, 5.41) is 4.02. The third-order valence-electron chi connectivity index (χ3n) is 1.45. The Labute approximate surface area is 71.1 Å². The molecule has 0 unspecified atom stereocenters. The summed E-state index contributed by atoms with van der Waals surface area (Å²) < 4.78 is 1.75. The maximum absolute atomic E-state index is 5.17. The monoisotopic (exact) mass is 167 g/mol. The molecule has 0 aliphatic rings. The molecule has 1 aromatic heterocycles. The highest BCUT2D eigenvalue weighted by Gasteiger charge is 1.94. The second kappa shape index (κ2) is 3.75. The molecule has 1 heterocycles. The van der Waals surface area contributed by atoms with E-state index < -0.39 is 0 Å². The third-order valence-corrected chi connectivity index (χ3v) is 1.45. The van der Waals surface area contributed by atoms with Crippen LogP contribution in [0, 0.1) is 0 Å². The molecular weight excluding hydrogens is 154 g/mol. The van der Waals surface area contributed by atoms with E-state index in [1.807, 2.05) is 19.4 Å². The molecule has 1 aromatic rings. The summed E-state index contributed by atoms with van der Waals surface area (Å²) in [6, 6.07) is 0.